The Morgan fingerprint density at radius 1 is 1.50 bits per heavy atom. The van der Waals surface area contributed by atoms with Crippen LogP contribution < -0.4 is 5.56 Å². The van der Waals surface area contributed by atoms with E-state index in [0.29, 0.717) is 19.1 Å². The molecule has 0 atom stereocenters. The maximum Gasteiger partial charge on any atom is 0.254 e. The lowest BCUT2D eigenvalue weighted by atomic mass is 10.1. The molecule has 0 spiro atoms. The fourth-order valence-corrected chi connectivity index (χ4v) is 1.29. The molecule has 1 aromatic rings. The summed E-state index contributed by atoms with van der Waals surface area (Å²) in [6, 6.07) is 1.30. The Kier molecular flexibility index (Phi) is 5.49. The SMILES string of the molecule is CC(C)CCOCCn1cnc(Cl)cc1=O. The van der Waals surface area contributed by atoms with Crippen molar-refractivity contribution in [1.82, 2.24) is 9.55 Å². The van der Waals surface area contributed by atoms with E-state index in [4.69, 9.17) is 16.3 Å². The molecule has 5 heteroatoms. The van der Waals surface area contributed by atoms with Gasteiger partial charge in [-0.25, -0.2) is 4.98 Å². The second-order valence-electron chi connectivity index (χ2n) is 4.04. The van der Waals surface area contributed by atoms with E-state index in [1.807, 2.05) is 0 Å². The van der Waals surface area contributed by atoms with Crippen LogP contribution in [0.5, 0.6) is 0 Å². The summed E-state index contributed by atoms with van der Waals surface area (Å²) < 4.78 is 6.90. The molecule has 0 saturated heterocycles. The Bertz CT molecular complexity index is 376. The third-order valence-electron chi connectivity index (χ3n) is 2.16. The lowest BCUT2D eigenvalue weighted by Crippen LogP contribution is -2.22. The monoisotopic (exact) mass is 244 g/mol. The zero-order chi connectivity index (χ0) is 12.0. The average molecular weight is 245 g/mol. The summed E-state index contributed by atoms with van der Waals surface area (Å²) in [6.07, 6.45) is 2.48. The molecular formula is C11H17ClN2O2. The standard InChI is InChI=1S/C11H17ClN2O2/c1-9(2)3-5-16-6-4-14-8-13-10(12)7-11(14)15/h7-9H,3-6H2,1-2H3. The van der Waals surface area contributed by atoms with Gasteiger partial charge in [-0.15, -0.1) is 0 Å². The van der Waals surface area contributed by atoms with E-state index in [9.17, 15) is 4.79 Å². The van der Waals surface area contributed by atoms with Gasteiger partial charge < -0.3 is 4.74 Å². The van der Waals surface area contributed by atoms with Gasteiger partial charge in [0.25, 0.3) is 5.56 Å². The molecule has 0 aliphatic rings. The summed E-state index contributed by atoms with van der Waals surface area (Å²) >= 11 is 5.58. The van der Waals surface area contributed by atoms with Crippen LogP contribution in [0, 0.1) is 5.92 Å². The molecule has 0 aliphatic carbocycles. The summed E-state index contributed by atoms with van der Waals surface area (Å²) in [7, 11) is 0. The molecule has 0 radical (unpaired) electrons. The van der Waals surface area contributed by atoms with Crippen molar-refractivity contribution in [2.24, 2.45) is 5.92 Å². The molecule has 1 heterocycles. The molecule has 0 saturated carbocycles. The van der Waals surface area contributed by atoms with E-state index < -0.39 is 0 Å². The van der Waals surface area contributed by atoms with Gasteiger partial charge in [0.05, 0.1) is 19.5 Å². The summed E-state index contributed by atoms with van der Waals surface area (Å²) in [4.78, 5) is 15.2. The first-order valence-electron chi connectivity index (χ1n) is 5.39. The normalized spacial score (nSPS) is 11.0. The fraction of sp³-hybridized carbons (Fsp3) is 0.636. The summed E-state index contributed by atoms with van der Waals surface area (Å²) in [5.41, 5.74) is -0.146. The Morgan fingerprint density at radius 2 is 2.25 bits per heavy atom. The predicted octanol–water partition coefficient (Wildman–Crippen LogP) is 1.96. The van der Waals surface area contributed by atoms with Crippen molar-refractivity contribution in [3.8, 4) is 0 Å². The summed E-state index contributed by atoms with van der Waals surface area (Å²) in [5.74, 6) is 0.639. The molecule has 0 aromatic carbocycles. The second kappa shape index (κ2) is 6.66. The second-order valence-corrected chi connectivity index (χ2v) is 4.43. The van der Waals surface area contributed by atoms with Crippen LogP contribution in [0.3, 0.4) is 0 Å². The zero-order valence-electron chi connectivity index (χ0n) is 9.65. The Balaban J connectivity index is 2.30. The number of rotatable bonds is 6. The Morgan fingerprint density at radius 3 is 2.88 bits per heavy atom. The molecule has 0 amide bonds. The molecule has 16 heavy (non-hydrogen) atoms. The van der Waals surface area contributed by atoms with Crippen molar-refractivity contribution in [1.29, 1.82) is 0 Å². The molecule has 4 nitrogen and oxygen atoms in total. The molecule has 0 bridgehead atoms. The minimum absolute atomic E-state index is 0.146. The van der Waals surface area contributed by atoms with Crippen LogP contribution in [0.25, 0.3) is 0 Å². The lowest BCUT2D eigenvalue weighted by Gasteiger charge is -2.07. The van der Waals surface area contributed by atoms with Gasteiger partial charge in [0.2, 0.25) is 0 Å². The van der Waals surface area contributed by atoms with Gasteiger partial charge in [0.15, 0.2) is 0 Å². The highest BCUT2D eigenvalue weighted by Gasteiger charge is 1.98. The smallest absolute Gasteiger partial charge is 0.254 e. The molecule has 0 fully saturated rings. The van der Waals surface area contributed by atoms with Crippen LogP contribution in [0.2, 0.25) is 5.15 Å². The number of hydrogen-bond donors (Lipinski definition) is 0. The van der Waals surface area contributed by atoms with Gasteiger partial charge in [-0.3, -0.25) is 9.36 Å². The first-order valence-corrected chi connectivity index (χ1v) is 5.77. The van der Waals surface area contributed by atoms with Crippen LogP contribution in [0.15, 0.2) is 17.2 Å². The predicted molar refractivity (Wildman–Crippen MR) is 63.8 cm³/mol. The molecule has 0 aliphatic heterocycles. The van der Waals surface area contributed by atoms with Gasteiger partial charge in [0.1, 0.15) is 5.15 Å². The van der Waals surface area contributed by atoms with Gasteiger partial charge >= 0.3 is 0 Å². The van der Waals surface area contributed by atoms with Gasteiger partial charge in [-0.1, -0.05) is 25.4 Å². The van der Waals surface area contributed by atoms with E-state index >= 15 is 0 Å². The van der Waals surface area contributed by atoms with Gasteiger partial charge in [-0.05, 0) is 12.3 Å². The largest absolute Gasteiger partial charge is 0.380 e. The van der Waals surface area contributed by atoms with E-state index in [1.165, 1.54) is 17.0 Å². The fourth-order valence-electron chi connectivity index (χ4n) is 1.16. The van der Waals surface area contributed by atoms with Crippen molar-refractivity contribution >= 4 is 11.6 Å². The number of halogens is 1. The molecular weight excluding hydrogens is 228 g/mol. The minimum atomic E-state index is -0.146. The number of hydrogen-bond acceptors (Lipinski definition) is 3. The quantitative estimate of drug-likeness (QED) is 0.568. The molecule has 1 aromatic heterocycles. The zero-order valence-corrected chi connectivity index (χ0v) is 10.4. The third kappa shape index (κ3) is 4.77. The minimum Gasteiger partial charge on any atom is -0.380 e. The van der Waals surface area contributed by atoms with Crippen LogP contribution in [-0.4, -0.2) is 22.8 Å². The van der Waals surface area contributed by atoms with Crippen LogP contribution in [0.4, 0.5) is 0 Å². The van der Waals surface area contributed by atoms with Crippen LogP contribution >= 0.6 is 11.6 Å². The Hall–Kier alpha value is -0.870. The maximum atomic E-state index is 11.4. The van der Waals surface area contributed by atoms with Crippen molar-refractivity contribution in [2.75, 3.05) is 13.2 Å². The topological polar surface area (TPSA) is 44.1 Å². The van der Waals surface area contributed by atoms with E-state index in [0.717, 1.165) is 13.0 Å². The highest BCUT2D eigenvalue weighted by atomic mass is 35.5. The van der Waals surface area contributed by atoms with Crippen molar-refractivity contribution in [3.05, 3.63) is 27.9 Å². The first kappa shape index (κ1) is 13.2. The lowest BCUT2D eigenvalue weighted by molar-refractivity contribution is 0.115. The number of nitrogens with zero attached hydrogens (tertiary/aromatic N) is 2. The van der Waals surface area contributed by atoms with Crippen molar-refractivity contribution in [3.63, 3.8) is 0 Å². The van der Waals surface area contributed by atoms with Gasteiger partial charge in [-0.2, -0.15) is 0 Å². The Labute approximate surface area is 100 Å². The molecule has 0 N–H and O–H groups in total. The van der Waals surface area contributed by atoms with Crippen LogP contribution in [-0.2, 0) is 11.3 Å². The van der Waals surface area contributed by atoms with E-state index in [1.54, 1.807) is 0 Å². The number of aromatic nitrogens is 2. The maximum absolute atomic E-state index is 11.4. The molecule has 0 unspecified atom stereocenters. The van der Waals surface area contributed by atoms with E-state index in [-0.39, 0.29) is 10.7 Å². The highest BCUT2D eigenvalue weighted by Crippen LogP contribution is 1.99. The number of ether oxygens (including phenoxy) is 1. The summed E-state index contributed by atoms with van der Waals surface area (Å²) in [5, 5.41) is 0.224. The van der Waals surface area contributed by atoms with Crippen molar-refractivity contribution < 1.29 is 4.74 Å². The van der Waals surface area contributed by atoms with E-state index in [2.05, 4.69) is 18.8 Å². The molecule has 90 valence electrons. The molecule has 1 rings (SSSR count). The van der Waals surface area contributed by atoms with Crippen LogP contribution in [0.1, 0.15) is 20.3 Å². The van der Waals surface area contributed by atoms with Gasteiger partial charge in [0, 0.05) is 12.7 Å². The third-order valence-corrected chi connectivity index (χ3v) is 2.37. The highest BCUT2D eigenvalue weighted by molar-refractivity contribution is 6.29. The average Bonchev–Trinajstić information content (AvgIpc) is 2.20. The summed E-state index contributed by atoms with van der Waals surface area (Å²) in [6.45, 7) is 6.07. The van der Waals surface area contributed by atoms with Crippen molar-refractivity contribution in [2.45, 2.75) is 26.8 Å². The first-order chi connectivity index (χ1) is 7.59.